The Balaban J connectivity index is 3.11. The number of hydrogen-bond acceptors (Lipinski definition) is 1. The lowest BCUT2D eigenvalue weighted by molar-refractivity contribution is 0.340. The maximum atomic E-state index is 5.27. The van der Waals surface area contributed by atoms with Crippen LogP contribution in [0.2, 0.25) is 0 Å². The van der Waals surface area contributed by atoms with Crippen molar-refractivity contribution in [3.8, 4) is 0 Å². The van der Waals surface area contributed by atoms with Gasteiger partial charge in [0.2, 0.25) is 0 Å². The van der Waals surface area contributed by atoms with Gasteiger partial charge in [-0.1, -0.05) is 52.8 Å². The lowest BCUT2D eigenvalue weighted by Crippen LogP contribution is -2.13. The van der Waals surface area contributed by atoms with Crippen molar-refractivity contribution < 1.29 is 4.43 Å². The molecule has 0 aromatic rings. The van der Waals surface area contributed by atoms with Crippen LogP contribution in [-0.2, 0) is 4.43 Å². The molecule has 0 aromatic heterocycles. The molecule has 0 fully saturated rings. The lowest BCUT2D eigenvalue weighted by Gasteiger charge is -2.08. The first kappa shape index (κ1) is 9.62. The zero-order chi connectivity index (χ0) is 6.62. The van der Waals surface area contributed by atoms with E-state index < -0.39 is 4.18 Å². The molecule has 0 saturated carbocycles. The van der Waals surface area contributed by atoms with Gasteiger partial charge in [-0.15, -0.1) is 0 Å². The Labute approximate surface area is 74.0 Å². The minimum atomic E-state index is -1.74. The summed E-state index contributed by atoms with van der Waals surface area (Å²) in [6, 6.07) is 0. The molecular weight excluding hydrogens is 320 g/mol. The van der Waals surface area contributed by atoms with Crippen LogP contribution in [0.5, 0.6) is 0 Å². The smallest absolute Gasteiger partial charge is 0.391 e. The van der Waals surface area contributed by atoms with Crippen LogP contribution in [0.3, 0.4) is 0 Å². The normalized spacial score (nSPS) is 12.0. The second kappa shape index (κ2) is 4.44. The molecule has 0 spiro atoms. The van der Waals surface area contributed by atoms with Gasteiger partial charge >= 0.3 is 4.18 Å². The van der Waals surface area contributed by atoms with E-state index >= 15 is 0 Å². The van der Waals surface area contributed by atoms with Crippen LogP contribution in [0.25, 0.3) is 0 Å². The van der Waals surface area contributed by atoms with Crippen molar-refractivity contribution in [2.24, 2.45) is 0 Å². The summed E-state index contributed by atoms with van der Waals surface area (Å²) in [4.78, 5) is 0. The maximum absolute atomic E-state index is 5.27. The first-order valence-corrected chi connectivity index (χ1v) is 10.9. The third-order valence-electron chi connectivity index (χ3n) is 0.470. The van der Waals surface area contributed by atoms with Gasteiger partial charge in [-0.25, -0.2) is 0 Å². The van der Waals surface area contributed by atoms with E-state index in [1.54, 1.807) is 0 Å². The Morgan fingerprint density at radius 2 is 1.88 bits per heavy atom. The second-order valence-electron chi connectivity index (χ2n) is 1.29. The highest BCUT2D eigenvalue weighted by Gasteiger charge is 2.22. The van der Waals surface area contributed by atoms with E-state index in [0.29, 0.717) is 0 Å². The Bertz CT molecular complexity index is 62.0. The molecule has 0 radical (unpaired) electrons. The summed E-state index contributed by atoms with van der Waals surface area (Å²) in [6.45, 7) is 2.88. The standard InChI is InChI=1S/C3H7Br3OSi/c1-2-3-7-8(4,5)6/h2-3H2,1H3. The first-order valence-electron chi connectivity index (χ1n) is 2.27. The fraction of sp³-hybridized carbons (Fsp3) is 1.00. The van der Waals surface area contributed by atoms with Crippen LogP contribution >= 0.6 is 45.9 Å². The third kappa shape index (κ3) is 7.62. The van der Waals surface area contributed by atoms with Gasteiger partial charge in [-0.2, -0.15) is 0 Å². The van der Waals surface area contributed by atoms with E-state index in [-0.39, 0.29) is 0 Å². The maximum Gasteiger partial charge on any atom is 0.409 e. The summed E-state index contributed by atoms with van der Waals surface area (Å²) in [6.07, 6.45) is 1.05. The fourth-order valence-electron chi connectivity index (χ4n) is 0.218. The van der Waals surface area contributed by atoms with Crippen molar-refractivity contribution in [1.29, 1.82) is 0 Å². The average molecular weight is 327 g/mol. The Kier molecular flexibility index (Phi) is 5.33. The van der Waals surface area contributed by atoms with Gasteiger partial charge in [0, 0.05) is 6.61 Å². The summed E-state index contributed by atoms with van der Waals surface area (Å²) >= 11 is 9.99. The molecule has 0 aromatic carbocycles. The van der Waals surface area contributed by atoms with E-state index in [9.17, 15) is 0 Å². The molecule has 0 bridgehead atoms. The third-order valence-corrected chi connectivity index (χ3v) is 3.06. The molecule has 0 atom stereocenters. The van der Waals surface area contributed by atoms with Crippen molar-refractivity contribution in [3.05, 3.63) is 0 Å². The predicted molar refractivity (Wildman–Crippen MR) is 48.8 cm³/mol. The van der Waals surface area contributed by atoms with Crippen LogP contribution in [-0.4, -0.2) is 10.8 Å². The largest absolute Gasteiger partial charge is 0.409 e. The van der Waals surface area contributed by atoms with Gasteiger partial charge < -0.3 is 4.43 Å². The van der Waals surface area contributed by atoms with Crippen LogP contribution < -0.4 is 0 Å². The highest BCUT2D eigenvalue weighted by atomic mass is 80.0. The topological polar surface area (TPSA) is 9.23 Å². The summed E-state index contributed by atoms with van der Waals surface area (Å²) in [7, 11) is 0. The molecule has 0 amide bonds. The van der Waals surface area contributed by atoms with Gasteiger partial charge in [0.25, 0.3) is 0 Å². The minimum absolute atomic E-state index is 0.800. The number of hydrogen-bond donors (Lipinski definition) is 0. The molecule has 0 unspecified atom stereocenters. The molecule has 8 heavy (non-hydrogen) atoms. The number of rotatable bonds is 3. The van der Waals surface area contributed by atoms with Crippen molar-refractivity contribution in [1.82, 2.24) is 0 Å². The van der Waals surface area contributed by atoms with E-state index in [4.69, 9.17) is 4.43 Å². The monoisotopic (exact) mass is 324 g/mol. The Morgan fingerprint density at radius 3 is 2.00 bits per heavy atom. The van der Waals surface area contributed by atoms with Crippen LogP contribution in [0.1, 0.15) is 13.3 Å². The van der Waals surface area contributed by atoms with E-state index in [2.05, 4.69) is 52.8 Å². The zero-order valence-electron chi connectivity index (χ0n) is 4.46. The van der Waals surface area contributed by atoms with Crippen LogP contribution in [0.4, 0.5) is 0 Å². The molecule has 0 N–H and O–H groups in total. The van der Waals surface area contributed by atoms with Crippen molar-refractivity contribution >= 4 is 50.1 Å². The molecule has 0 aliphatic rings. The molecular formula is C3H7Br3OSi. The van der Waals surface area contributed by atoms with Gasteiger partial charge in [0.05, 0.1) is 0 Å². The van der Waals surface area contributed by atoms with E-state index in [1.165, 1.54) is 0 Å². The van der Waals surface area contributed by atoms with E-state index in [0.717, 1.165) is 13.0 Å². The summed E-state index contributed by atoms with van der Waals surface area (Å²) < 4.78 is 3.53. The zero-order valence-corrected chi connectivity index (χ0v) is 10.2. The molecule has 0 aliphatic carbocycles. The highest BCUT2D eigenvalue weighted by molar-refractivity contribution is 9.71. The molecule has 1 nitrogen and oxygen atoms in total. The fourth-order valence-corrected chi connectivity index (χ4v) is 2.11. The summed E-state index contributed by atoms with van der Waals surface area (Å²) in [5.41, 5.74) is 0. The Morgan fingerprint density at radius 1 is 1.38 bits per heavy atom. The highest BCUT2D eigenvalue weighted by Crippen LogP contribution is 2.28. The van der Waals surface area contributed by atoms with Crippen molar-refractivity contribution in [3.63, 3.8) is 0 Å². The van der Waals surface area contributed by atoms with Crippen molar-refractivity contribution in [2.45, 2.75) is 13.3 Å². The summed E-state index contributed by atoms with van der Waals surface area (Å²) in [5.74, 6) is 0. The van der Waals surface area contributed by atoms with Gasteiger partial charge in [0.15, 0.2) is 0 Å². The van der Waals surface area contributed by atoms with E-state index in [1.807, 2.05) is 0 Å². The molecule has 0 saturated heterocycles. The molecule has 0 aliphatic heterocycles. The second-order valence-corrected chi connectivity index (χ2v) is 22.1. The van der Waals surface area contributed by atoms with Crippen LogP contribution in [0.15, 0.2) is 0 Å². The van der Waals surface area contributed by atoms with Crippen molar-refractivity contribution in [2.75, 3.05) is 6.61 Å². The lowest BCUT2D eigenvalue weighted by atomic mass is 10.5. The average Bonchev–Trinajstić information content (AvgIpc) is 1.59. The number of halogens is 3. The van der Waals surface area contributed by atoms with Gasteiger partial charge in [-0.3, -0.25) is 0 Å². The first-order chi connectivity index (χ1) is 3.56. The molecule has 0 heterocycles. The SMILES string of the molecule is CCCO[Si](Br)(Br)Br. The quantitative estimate of drug-likeness (QED) is 0.572. The molecule has 0 rings (SSSR count). The molecule has 50 valence electrons. The van der Waals surface area contributed by atoms with Crippen LogP contribution in [0, 0.1) is 0 Å². The molecule has 5 heteroatoms. The van der Waals surface area contributed by atoms with Gasteiger partial charge in [-0.05, 0) is 6.42 Å². The predicted octanol–water partition coefficient (Wildman–Crippen LogP) is 3.03. The summed E-state index contributed by atoms with van der Waals surface area (Å²) in [5, 5.41) is 0. The Hall–Kier alpha value is 1.62. The van der Waals surface area contributed by atoms with Gasteiger partial charge in [0.1, 0.15) is 0 Å². The minimum Gasteiger partial charge on any atom is -0.391 e.